The van der Waals surface area contributed by atoms with E-state index in [0.717, 1.165) is 42.4 Å². The third-order valence-electron chi connectivity index (χ3n) is 9.98. The van der Waals surface area contributed by atoms with E-state index >= 15 is 0 Å². The summed E-state index contributed by atoms with van der Waals surface area (Å²) in [7, 11) is 0. The van der Waals surface area contributed by atoms with E-state index in [-0.39, 0.29) is 0 Å². The second kappa shape index (κ2) is 9.07. The van der Waals surface area contributed by atoms with Crippen LogP contribution >= 0.6 is 28.5 Å². The van der Waals surface area contributed by atoms with Gasteiger partial charge in [-0.05, 0) is 127 Å². The third-order valence-corrected chi connectivity index (χ3v) is 11.2. The van der Waals surface area contributed by atoms with Crippen molar-refractivity contribution in [3.8, 4) is 6.07 Å². The Bertz CT molecular complexity index is 674. The van der Waals surface area contributed by atoms with Crippen molar-refractivity contribution in [3.63, 3.8) is 0 Å². The Morgan fingerprint density at radius 2 is 2.07 bits per heavy atom. The fourth-order valence-corrected chi connectivity index (χ4v) is 9.88. The molecule has 4 aliphatic carbocycles. The summed E-state index contributed by atoms with van der Waals surface area (Å²) in [5.41, 5.74) is 2.72. The predicted molar refractivity (Wildman–Crippen MR) is 131 cm³/mol. The van der Waals surface area contributed by atoms with Gasteiger partial charge in [0, 0.05) is 6.42 Å². The fourth-order valence-electron chi connectivity index (χ4n) is 8.47. The van der Waals surface area contributed by atoms with Gasteiger partial charge < -0.3 is 4.52 Å². The maximum atomic E-state index is 8.91. The number of allylic oxidation sites excluding steroid dienone is 1. The van der Waals surface area contributed by atoms with Gasteiger partial charge in [0.2, 0.25) is 0 Å². The van der Waals surface area contributed by atoms with Crippen LogP contribution in [0.2, 0.25) is 0 Å². The van der Waals surface area contributed by atoms with E-state index in [1.807, 2.05) is 0 Å². The molecule has 3 saturated carbocycles. The minimum absolute atomic E-state index is 0.439. The van der Waals surface area contributed by atoms with Crippen molar-refractivity contribution in [1.82, 2.24) is 0 Å². The van der Waals surface area contributed by atoms with Crippen LogP contribution in [0.15, 0.2) is 11.6 Å². The third kappa shape index (κ3) is 3.98. The highest BCUT2D eigenvalue weighted by Crippen LogP contribution is 2.67. The van der Waals surface area contributed by atoms with E-state index in [2.05, 4.69) is 55.0 Å². The molecule has 29 heavy (non-hydrogen) atoms. The largest absolute Gasteiger partial charge is 0.348 e. The van der Waals surface area contributed by atoms with Crippen molar-refractivity contribution in [2.24, 2.45) is 40.4 Å². The lowest BCUT2D eigenvalue weighted by Crippen LogP contribution is -2.50. The number of nitriles is 1. The molecule has 0 N–H and O–H groups in total. The lowest BCUT2D eigenvalue weighted by atomic mass is 9.47. The van der Waals surface area contributed by atoms with Crippen LogP contribution in [0, 0.1) is 51.8 Å². The van der Waals surface area contributed by atoms with Crippen molar-refractivity contribution in [2.75, 3.05) is 0 Å². The maximum absolute atomic E-state index is 8.91. The summed E-state index contributed by atoms with van der Waals surface area (Å²) in [4.78, 5) is 0. The second-order valence-electron chi connectivity index (χ2n) is 11.1. The average molecular weight is 527 g/mol. The molecule has 0 amide bonds. The molecule has 0 bridgehead atoms. The van der Waals surface area contributed by atoms with Crippen LogP contribution in [0.25, 0.3) is 0 Å². The molecule has 4 aliphatic rings. The molecular weight excluding hydrogens is 488 g/mol. The summed E-state index contributed by atoms with van der Waals surface area (Å²) < 4.78 is 6.03. The molecule has 4 rings (SSSR count). The number of fused-ring (bicyclic) bond motifs is 5. The molecule has 3 fully saturated rings. The predicted octanol–water partition coefficient (Wildman–Crippen LogP) is 8.22. The van der Waals surface area contributed by atoms with Crippen LogP contribution in [0.4, 0.5) is 0 Å². The number of halogens is 1. The monoisotopic (exact) mass is 527 g/mol. The Morgan fingerprint density at radius 3 is 2.83 bits per heavy atom. The van der Waals surface area contributed by atoms with Gasteiger partial charge in [-0.2, -0.15) is 5.26 Å². The number of hydrogen-bond donors (Lipinski definition) is 0. The van der Waals surface area contributed by atoms with Gasteiger partial charge in [-0.15, -0.1) is 0 Å². The zero-order valence-electron chi connectivity index (χ0n) is 18.6. The smallest absolute Gasteiger partial charge is 0.0797 e. The van der Waals surface area contributed by atoms with Crippen molar-refractivity contribution in [3.05, 3.63) is 11.6 Å². The molecule has 0 aromatic carbocycles. The van der Waals surface area contributed by atoms with E-state index in [4.69, 9.17) is 9.79 Å². The van der Waals surface area contributed by atoms with Crippen LogP contribution in [0.5, 0.6) is 0 Å². The first-order valence-corrected chi connectivity index (χ1v) is 16.0. The summed E-state index contributed by atoms with van der Waals surface area (Å²) in [6.07, 6.45) is 17.1. The minimum Gasteiger partial charge on any atom is -0.348 e. The second-order valence-corrected chi connectivity index (χ2v) is 12.8. The molecule has 0 heterocycles. The average Bonchev–Trinajstić information content (AvgIpc) is 3.06. The number of hydrogen-bond acceptors (Lipinski definition) is 2. The highest BCUT2D eigenvalue weighted by Gasteiger charge is 2.59. The maximum Gasteiger partial charge on any atom is 0.0797 e. The van der Waals surface area contributed by atoms with E-state index < -0.39 is 0 Å². The summed E-state index contributed by atoms with van der Waals surface area (Å²) in [6, 6.07) is 2.34. The van der Waals surface area contributed by atoms with Crippen LogP contribution in [-0.4, -0.2) is 6.10 Å². The van der Waals surface area contributed by atoms with Crippen LogP contribution in [-0.2, 0) is 4.52 Å². The molecule has 9 atom stereocenters. The van der Waals surface area contributed by atoms with E-state index in [1.54, 1.807) is 5.57 Å². The minimum atomic E-state index is 0.439. The Morgan fingerprint density at radius 1 is 1.24 bits per heavy atom. The molecule has 162 valence electrons. The van der Waals surface area contributed by atoms with Gasteiger partial charge in [0.05, 0.1) is 18.6 Å². The van der Waals surface area contributed by atoms with E-state index in [1.165, 1.54) is 57.8 Å². The van der Waals surface area contributed by atoms with Crippen molar-refractivity contribution < 1.29 is 4.52 Å². The number of unbranched alkanes of at least 4 members (excludes halogenated alkanes) is 1. The highest BCUT2D eigenvalue weighted by molar-refractivity contribution is 14.2. The van der Waals surface area contributed by atoms with E-state index in [0.29, 0.717) is 23.4 Å². The zero-order chi connectivity index (χ0) is 20.6. The molecule has 0 spiro atoms. The topological polar surface area (TPSA) is 33.0 Å². The lowest BCUT2D eigenvalue weighted by molar-refractivity contribution is -0.0552. The van der Waals surface area contributed by atoms with Gasteiger partial charge >= 0.3 is 0 Å². The first-order chi connectivity index (χ1) is 13.9. The number of rotatable bonds is 6. The van der Waals surface area contributed by atoms with Crippen LogP contribution in [0.3, 0.4) is 0 Å². The summed E-state index contributed by atoms with van der Waals surface area (Å²) >= 11 is 2.38. The Hall–Kier alpha value is 0.350. The Labute approximate surface area is 193 Å². The highest BCUT2D eigenvalue weighted by atomic mass is 127. The quantitative estimate of drug-likeness (QED) is 0.151. The van der Waals surface area contributed by atoms with Crippen LogP contribution < -0.4 is 0 Å². The van der Waals surface area contributed by atoms with E-state index in [9.17, 15) is 0 Å². The summed E-state index contributed by atoms with van der Waals surface area (Å²) in [5, 5.41) is 8.91. The van der Waals surface area contributed by atoms with Gasteiger partial charge in [-0.1, -0.05) is 32.4 Å². The number of nitrogens with zero attached hydrogens (tertiary/aromatic N) is 1. The Kier molecular flexibility index (Phi) is 7.05. The molecule has 2 unspecified atom stereocenters. The zero-order valence-corrected chi connectivity index (χ0v) is 21.7. The molecule has 2 nitrogen and oxygen atoms in total. The van der Waals surface area contributed by atoms with Crippen molar-refractivity contribution in [1.29, 1.82) is 5.26 Å². The molecule has 0 radical (unpaired) electrons. The van der Waals surface area contributed by atoms with Gasteiger partial charge in [0.25, 0.3) is 0 Å². The van der Waals surface area contributed by atoms with Crippen molar-refractivity contribution >= 4 is 28.5 Å². The first-order valence-electron chi connectivity index (χ1n) is 12.0. The molecule has 0 aromatic heterocycles. The standard InChI is InChI=1S/C25H39INOP/c1-17(6-4-5-15-27)21-9-10-22-20-8-7-18-16-19(28-29-26)11-13-24(18,2)23(20)12-14-25(21,22)3/h7,17,19-23,29H,4-6,8-14,16H2,1-3H3/t17-,19+,20+,21-,22+,23?,24+,25-/m1/s1. The summed E-state index contributed by atoms with van der Waals surface area (Å²) in [5.74, 6) is 4.38. The van der Waals surface area contributed by atoms with Gasteiger partial charge in [-0.3, -0.25) is 0 Å². The first kappa shape index (κ1) is 22.5. The molecule has 0 aromatic rings. The molecular formula is C25H39INOP. The molecule has 0 saturated heterocycles. The lowest BCUT2D eigenvalue weighted by Gasteiger charge is -2.58. The molecule has 0 aliphatic heterocycles. The van der Waals surface area contributed by atoms with Crippen LogP contribution in [0.1, 0.15) is 91.4 Å². The van der Waals surface area contributed by atoms with Gasteiger partial charge in [-0.25, -0.2) is 0 Å². The van der Waals surface area contributed by atoms with Gasteiger partial charge in [0.1, 0.15) is 0 Å². The molecule has 4 heteroatoms. The van der Waals surface area contributed by atoms with Crippen molar-refractivity contribution in [2.45, 2.75) is 97.5 Å². The fraction of sp³-hybridized carbons (Fsp3) is 0.880. The Balaban J connectivity index is 1.50. The SMILES string of the molecule is C[C@H](CCCC#N)[C@H]1CC[C@H]2[C@@H]3CC=C4C[C@@H](OPI)CC[C@]4(C)C3CC[C@]12C. The normalized spacial score (nSPS) is 45.2. The van der Waals surface area contributed by atoms with Gasteiger partial charge in [0.15, 0.2) is 0 Å². The summed E-state index contributed by atoms with van der Waals surface area (Å²) in [6.45, 7) is 8.34.